The maximum absolute atomic E-state index is 14.6. The largest absolute Gasteiger partial charge is 0.481 e. The van der Waals surface area contributed by atoms with E-state index in [0.717, 1.165) is 28.2 Å². The lowest BCUT2D eigenvalue weighted by Gasteiger charge is -2.34. The Morgan fingerprint density at radius 2 is 1.92 bits per heavy atom. The molecular weight excluding hydrogens is 525 g/mol. The van der Waals surface area contributed by atoms with Gasteiger partial charge >= 0.3 is 5.97 Å². The van der Waals surface area contributed by atoms with Crippen LogP contribution in [-0.2, 0) is 27.8 Å². The van der Waals surface area contributed by atoms with Crippen LogP contribution in [-0.4, -0.2) is 71.2 Å². The number of carbonyl (C=O) groups is 1. The molecule has 3 atom stereocenters. The van der Waals surface area contributed by atoms with Crippen molar-refractivity contribution < 1.29 is 27.4 Å². The third kappa shape index (κ3) is 4.82. The van der Waals surface area contributed by atoms with Crippen LogP contribution >= 0.6 is 0 Å². The summed E-state index contributed by atoms with van der Waals surface area (Å²) >= 11 is 0. The zero-order valence-electron chi connectivity index (χ0n) is 21.5. The number of halogens is 1. The smallest absolute Gasteiger partial charge is 0.307 e. The Hall–Kier alpha value is -3.64. The number of ether oxygens (including phenoxy) is 1. The molecule has 0 radical (unpaired) electrons. The highest BCUT2D eigenvalue weighted by Crippen LogP contribution is 2.61. The van der Waals surface area contributed by atoms with E-state index >= 15 is 0 Å². The summed E-state index contributed by atoms with van der Waals surface area (Å²) in [6.45, 7) is 3.67. The molecule has 4 heterocycles. The monoisotopic (exact) mass is 553 g/mol. The summed E-state index contributed by atoms with van der Waals surface area (Å²) in [5.41, 5.74) is 4.20. The first-order valence-electron chi connectivity index (χ1n) is 12.8. The summed E-state index contributed by atoms with van der Waals surface area (Å²) in [4.78, 5) is 26.9. The van der Waals surface area contributed by atoms with Gasteiger partial charge in [-0.2, -0.15) is 4.31 Å². The highest BCUT2D eigenvalue weighted by atomic mass is 32.2. The van der Waals surface area contributed by atoms with Crippen LogP contribution < -0.4 is 9.64 Å². The molecule has 204 valence electrons. The Labute approximate surface area is 225 Å². The second-order valence-corrected chi connectivity index (χ2v) is 12.3. The molecule has 39 heavy (non-hydrogen) atoms. The van der Waals surface area contributed by atoms with Crippen LogP contribution in [0.5, 0.6) is 5.88 Å². The highest BCUT2D eigenvalue weighted by molar-refractivity contribution is 7.88. The van der Waals surface area contributed by atoms with Gasteiger partial charge in [-0.25, -0.2) is 27.8 Å². The molecule has 1 saturated heterocycles. The van der Waals surface area contributed by atoms with E-state index in [-0.39, 0.29) is 30.1 Å². The molecule has 1 saturated carbocycles. The number of carboxylic acids is 1. The number of aliphatic carboxylic acids is 1. The zero-order valence-corrected chi connectivity index (χ0v) is 22.4. The minimum atomic E-state index is -3.21. The normalized spacial score (nSPS) is 22.3. The molecule has 10 nitrogen and oxygen atoms in total. The Morgan fingerprint density at radius 1 is 1.15 bits per heavy atom. The van der Waals surface area contributed by atoms with Crippen LogP contribution in [0.15, 0.2) is 36.5 Å². The summed E-state index contributed by atoms with van der Waals surface area (Å²) in [6, 6.07) is 8.53. The van der Waals surface area contributed by atoms with Gasteiger partial charge in [-0.05, 0) is 54.7 Å². The molecule has 12 heteroatoms. The van der Waals surface area contributed by atoms with Crippen LogP contribution in [0.25, 0.3) is 11.3 Å². The van der Waals surface area contributed by atoms with Crippen LogP contribution in [0.4, 0.5) is 10.2 Å². The quantitative estimate of drug-likeness (QED) is 0.470. The lowest BCUT2D eigenvalue weighted by atomic mass is 10.0. The fraction of sp³-hybridized carbons (Fsp3) is 0.407. The van der Waals surface area contributed by atoms with Crippen molar-refractivity contribution in [3.63, 3.8) is 0 Å². The molecule has 6 rings (SSSR count). The molecule has 0 spiro atoms. The van der Waals surface area contributed by atoms with Gasteiger partial charge in [0.1, 0.15) is 23.9 Å². The van der Waals surface area contributed by atoms with Crippen molar-refractivity contribution in [3.05, 3.63) is 64.9 Å². The van der Waals surface area contributed by atoms with Crippen molar-refractivity contribution >= 4 is 21.8 Å². The van der Waals surface area contributed by atoms with Crippen molar-refractivity contribution in [2.45, 2.75) is 25.9 Å². The predicted octanol–water partition coefficient (Wildman–Crippen LogP) is 2.62. The SMILES string of the molecule is Cc1nc(N2CCN(S(C)(=O)=O)CC2)ccc1-c1ccc(F)c(COc2cc3c(cn2)[C@H]2[C@@H](C3)[C@@H]2C(=O)O)n1. The average Bonchev–Trinajstić information content (AvgIpc) is 3.50. The molecule has 3 aliphatic rings. The first-order chi connectivity index (χ1) is 18.6. The minimum absolute atomic E-state index is 0.0372. The molecule has 0 bridgehead atoms. The van der Waals surface area contributed by atoms with Gasteiger partial charge in [0.2, 0.25) is 15.9 Å². The van der Waals surface area contributed by atoms with E-state index in [0.29, 0.717) is 44.2 Å². The second-order valence-electron chi connectivity index (χ2n) is 10.3. The first kappa shape index (κ1) is 25.6. The molecule has 0 aromatic carbocycles. The standard InChI is InChI=1S/C27H28FN5O5S/c1-15-17(3-6-23(30-15)32-7-9-33(10-8-32)39(2,36)37)21-5-4-20(28)22(31-21)14-38-24-12-16-11-18-25(19(16)13-29-24)26(18)27(34)35/h3-6,12-13,18,25-26H,7-11,14H2,1-2H3,(H,34,35)/t18-,25-,26+/m1/s1. The summed E-state index contributed by atoms with van der Waals surface area (Å²) in [5, 5.41) is 9.29. The molecule has 1 aliphatic heterocycles. The third-order valence-electron chi connectivity index (χ3n) is 7.92. The number of piperazine rings is 1. The van der Waals surface area contributed by atoms with Gasteiger partial charge in [0.25, 0.3) is 0 Å². The van der Waals surface area contributed by atoms with Crippen molar-refractivity contribution in [3.8, 4) is 17.1 Å². The number of anilines is 1. The van der Waals surface area contributed by atoms with Gasteiger partial charge < -0.3 is 14.7 Å². The second kappa shape index (κ2) is 9.53. The number of hydrogen-bond acceptors (Lipinski definition) is 8. The van der Waals surface area contributed by atoms with Crippen LogP contribution in [0.2, 0.25) is 0 Å². The fourth-order valence-corrected chi connectivity index (χ4v) is 6.63. The van der Waals surface area contributed by atoms with Gasteiger partial charge in [-0.15, -0.1) is 0 Å². The number of pyridine rings is 3. The van der Waals surface area contributed by atoms with Crippen molar-refractivity contribution in [2.24, 2.45) is 11.8 Å². The first-order valence-corrected chi connectivity index (χ1v) is 14.6. The number of sulfonamides is 1. The molecule has 3 aromatic rings. The Kier molecular flexibility index (Phi) is 6.26. The fourth-order valence-electron chi connectivity index (χ4n) is 5.81. The van der Waals surface area contributed by atoms with Crippen molar-refractivity contribution in [2.75, 3.05) is 37.3 Å². The molecule has 1 N–H and O–H groups in total. The zero-order chi connectivity index (χ0) is 27.5. The lowest BCUT2D eigenvalue weighted by molar-refractivity contribution is -0.139. The molecule has 0 unspecified atom stereocenters. The van der Waals surface area contributed by atoms with Gasteiger partial charge in [-0.3, -0.25) is 4.79 Å². The molecule has 0 amide bonds. The number of nitrogens with zero attached hydrogens (tertiary/aromatic N) is 5. The van der Waals surface area contributed by atoms with E-state index in [9.17, 15) is 22.7 Å². The average molecular weight is 554 g/mol. The summed E-state index contributed by atoms with van der Waals surface area (Å²) < 4.78 is 45.4. The van der Waals surface area contributed by atoms with Crippen molar-refractivity contribution in [1.29, 1.82) is 0 Å². The third-order valence-corrected chi connectivity index (χ3v) is 9.23. The highest BCUT2D eigenvalue weighted by Gasteiger charge is 2.59. The number of aromatic nitrogens is 3. The van der Waals surface area contributed by atoms with E-state index in [1.807, 2.05) is 30.0 Å². The molecule has 3 aromatic heterocycles. The van der Waals surface area contributed by atoms with E-state index < -0.39 is 21.8 Å². The van der Waals surface area contributed by atoms with Crippen molar-refractivity contribution in [1.82, 2.24) is 19.3 Å². The van der Waals surface area contributed by atoms with E-state index in [1.165, 1.54) is 16.6 Å². The number of carboxylic acid groups (broad SMARTS) is 1. The molecular formula is C27H28FN5O5S. The van der Waals surface area contributed by atoms with Gasteiger partial charge in [0.15, 0.2) is 0 Å². The maximum Gasteiger partial charge on any atom is 0.307 e. The van der Waals surface area contributed by atoms with Gasteiger partial charge in [0, 0.05) is 55.6 Å². The Balaban J connectivity index is 1.14. The predicted molar refractivity (Wildman–Crippen MR) is 140 cm³/mol. The summed E-state index contributed by atoms with van der Waals surface area (Å²) in [7, 11) is -3.21. The summed E-state index contributed by atoms with van der Waals surface area (Å²) in [6.07, 6.45) is 3.58. The Morgan fingerprint density at radius 3 is 2.62 bits per heavy atom. The molecule has 2 fully saturated rings. The minimum Gasteiger partial charge on any atom is -0.481 e. The molecule has 2 aliphatic carbocycles. The van der Waals surface area contributed by atoms with Crippen LogP contribution in [0.3, 0.4) is 0 Å². The van der Waals surface area contributed by atoms with Crippen LogP contribution in [0.1, 0.15) is 28.4 Å². The number of rotatable bonds is 7. The lowest BCUT2D eigenvalue weighted by Crippen LogP contribution is -2.48. The van der Waals surface area contributed by atoms with E-state index in [4.69, 9.17) is 9.72 Å². The number of aryl methyl sites for hydroxylation is 1. The number of fused-ring (bicyclic) bond motifs is 3. The van der Waals surface area contributed by atoms with Gasteiger partial charge in [-0.1, -0.05) is 0 Å². The Bertz CT molecular complexity index is 1570. The number of hydrogen-bond donors (Lipinski definition) is 1. The van der Waals surface area contributed by atoms with Crippen LogP contribution in [0, 0.1) is 24.6 Å². The van der Waals surface area contributed by atoms with Gasteiger partial charge in [0.05, 0.1) is 17.9 Å². The van der Waals surface area contributed by atoms with E-state index in [1.54, 1.807) is 12.3 Å². The summed E-state index contributed by atoms with van der Waals surface area (Å²) in [5.74, 6) is -0.289. The topological polar surface area (TPSA) is 126 Å². The van der Waals surface area contributed by atoms with E-state index in [2.05, 4.69) is 9.97 Å². The maximum atomic E-state index is 14.6.